The van der Waals surface area contributed by atoms with Crippen molar-refractivity contribution < 1.29 is 32.3 Å². The Morgan fingerprint density at radius 1 is 1.19 bits per heavy atom. The minimum Gasteiger partial charge on any atom is -0.454 e. The Bertz CT molecular complexity index is 1140. The third kappa shape index (κ3) is 6.22. The summed E-state index contributed by atoms with van der Waals surface area (Å²) in [6, 6.07) is 9.17. The minimum absolute atomic E-state index is 0.0836. The fourth-order valence-electron chi connectivity index (χ4n) is 2.94. The maximum Gasteiger partial charge on any atom is 0.338 e. The lowest BCUT2D eigenvalue weighted by Crippen LogP contribution is -2.31. The molecule has 0 bridgehead atoms. The van der Waals surface area contributed by atoms with Gasteiger partial charge in [0.1, 0.15) is 0 Å². The van der Waals surface area contributed by atoms with Crippen molar-refractivity contribution in [3.8, 4) is 0 Å². The molecule has 1 aliphatic rings. The molecule has 3 amide bonds. The van der Waals surface area contributed by atoms with Crippen LogP contribution in [0.5, 0.6) is 0 Å². The number of hydrogen-bond donors (Lipinski definition) is 2. The van der Waals surface area contributed by atoms with Crippen molar-refractivity contribution >= 4 is 45.1 Å². The number of Topliss-reactive ketones (excluding diaryl/α,β-unsaturated/α-hetero) is 1. The summed E-state index contributed by atoms with van der Waals surface area (Å²) in [7, 11) is -3.28. The van der Waals surface area contributed by atoms with E-state index < -0.39 is 40.3 Å². The number of amides is 3. The number of sulfonamides is 1. The number of nitrogens with zero attached hydrogens (tertiary/aromatic N) is 1. The first-order valence-corrected chi connectivity index (χ1v) is 12.2. The lowest BCUT2D eigenvalue weighted by molar-refractivity contribution is -0.125. The molecule has 2 aromatic rings. The number of ketones is 1. The summed E-state index contributed by atoms with van der Waals surface area (Å²) < 4.78 is 29.7. The highest BCUT2D eigenvalue weighted by Gasteiger charge is 2.29. The van der Waals surface area contributed by atoms with Crippen molar-refractivity contribution in [3.05, 3.63) is 57.3 Å². The van der Waals surface area contributed by atoms with Crippen LogP contribution in [0.2, 0.25) is 0 Å². The molecule has 2 heterocycles. The summed E-state index contributed by atoms with van der Waals surface area (Å²) in [6.07, 6.45) is 1.50. The van der Waals surface area contributed by atoms with Crippen LogP contribution in [-0.2, 0) is 32.5 Å². The van der Waals surface area contributed by atoms with E-state index >= 15 is 0 Å². The van der Waals surface area contributed by atoms with Crippen LogP contribution in [0, 0.1) is 0 Å². The second kappa shape index (κ2) is 10.0. The van der Waals surface area contributed by atoms with E-state index in [1.807, 2.05) is 0 Å². The summed E-state index contributed by atoms with van der Waals surface area (Å²) in [5.41, 5.74) is 0.582. The lowest BCUT2D eigenvalue weighted by atomic mass is 10.1. The molecule has 1 aliphatic heterocycles. The van der Waals surface area contributed by atoms with Crippen molar-refractivity contribution in [1.82, 2.24) is 14.9 Å². The highest BCUT2D eigenvalue weighted by molar-refractivity contribution is 7.88. The number of carbonyl (C=O) groups is 4. The van der Waals surface area contributed by atoms with Crippen molar-refractivity contribution in [2.75, 3.05) is 26.0 Å². The summed E-state index contributed by atoms with van der Waals surface area (Å²) in [6.45, 7) is -0.430. The van der Waals surface area contributed by atoms with Gasteiger partial charge in [0.2, 0.25) is 21.7 Å². The Morgan fingerprint density at radius 2 is 1.94 bits per heavy atom. The van der Waals surface area contributed by atoms with Gasteiger partial charge in [0.15, 0.2) is 6.61 Å². The van der Waals surface area contributed by atoms with E-state index in [1.165, 1.54) is 17.4 Å². The molecule has 0 spiro atoms. The van der Waals surface area contributed by atoms with Crippen LogP contribution in [0.25, 0.3) is 0 Å². The molecule has 0 unspecified atom stereocenters. The van der Waals surface area contributed by atoms with E-state index in [2.05, 4.69) is 10.0 Å². The number of urea groups is 1. The molecule has 1 fully saturated rings. The Balaban J connectivity index is 1.57. The predicted octanol–water partition coefficient (Wildman–Crippen LogP) is 0.931. The van der Waals surface area contributed by atoms with Gasteiger partial charge in [0, 0.05) is 11.4 Å². The number of ether oxygens (including phenoxy) is 1. The summed E-state index contributed by atoms with van der Waals surface area (Å²) in [5, 5.41) is 2.41. The molecular weight excluding hydrogens is 458 g/mol. The van der Waals surface area contributed by atoms with E-state index in [0.717, 1.165) is 16.0 Å². The maximum absolute atomic E-state index is 12.5. The van der Waals surface area contributed by atoms with Crippen LogP contribution in [0.4, 0.5) is 4.79 Å². The molecule has 170 valence electrons. The van der Waals surface area contributed by atoms with E-state index in [0.29, 0.717) is 16.9 Å². The van der Waals surface area contributed by atoms with Gasteiger partial charge in [0.25, 0.3) is 0 Å². The largest absolute Gasteiger partial charge is 0.454 e. The second-order valence-electron chi connectivity index (χ2n) is 6.98. The van der Waals surface area contributed by atoms with Crippen LogP contribution in [-0.4, -0.2) is 63.0 Å². The summed E-state index contributed by atoms with van der Waals surface area (Å²) in [4.78, 5) is 50.7. The van der Waals surface area contributed by atoms with E-state index in [-0.39, 0.29) is 25.2 Å². The first-order chi connectivity index (χ1) is 15.1. The molecule has 2 N–H and O–H groups in total. The Kier molecular flexibility index (Phi) is 7.38. The SMILES string of the molecule is CS(=O)(=O)NCCc1ccc(C(=O)COC(=O)c2ccccc2CN2C(=O)CNC2=O)s1. The third-order valence-corrected chi connectivity index (χ3v) is 6.42. The zero-order valence-electron chi connectivity index (χ0n) is 17.1. The molecule has 0 atom stereocenters. The quantitative estimate of drug-likeness (QED) is 0.294. The van der Waals surface area contributed by atoms with Crippen molar-refractivity contribution in [2.24, 2.45) is 0 Å². The average Bonchev–Trinajstić information content (AvgIpc) is 3.33. The second-order valence-corrected chi connectivity index (χ2v) is 9.98. The van der Waals surface area contributed by atoms with Crippen molar-refractivity contribution in [3.63, 3.8) is 0 Å². The summed E-state index contributed by atoms with van der Waals surface area (Å²) in [5.74, 6) is -1.53. The molecule has 1 aromatic carbocycles. The molecule has 0 radical (unpaired) electrons. The highest BCUT2D eigenvalue weighted by Crippen LogP contribution is 2.19. The molecule has 1 saturated heterocycles. The number of hydrogen-bond acceptors (Lipinski definition) is 8. The van der Waals surface area contributed by atoms with Crippen molar-refractivity contribution in [2.45, 2.75) is 13.0 Å². The van der Waals surface area contributed by atoms with Gasteiger partial charge in [-0.3, -0.25) is 14.5 Å². The first-order valence-electron chi connectivity index (χ1n) is 9.54. The number of carbonyl (C=O) groups excluding carboxylic acids is 4. The van der Waals surface area contributed by atoms with Crippen LogP contribution in [0.1, 0.15) is 30.5 Å². The van der Waals surface area contributed by atoms with Gasteiger partial charge in [-0.2, -0.15) is 0 Å². The van der Waals surface area contributed by atoms with E-state index in [1.54, 1.807) is 30.3 Å². The van der Waals surface area contributed by atoms with E-state index in [4.69, 9.17) is 4.74 Å². The Hall–Kier alpha value is -3.09. The maximum atomic E-state index is 12.5. The van der Waals surface area contributed by atoms with Gasteiger partial charge in [0.05, 0.1) is 29.8 Å². The zero-order valence-corrected chi connectivity index (χ0v) is 18.8. The lowest BCUT2D eigenvalue weighted by Gasteiger charge is -2.15. The molecule has 0 aliphatic carbocycles. The molecule has 32 heavy (non-hydrogen) atoms. The third-order valence-electron chi connectivity index (χ3n) is 4.51. The fraction of sp³-hybridized carbons (Fsp3) is 0.300. The van der Waals surface area contributed by atoms with Gasteiger partial charge in [-0.15, -0.1) is 11.3 Å². The fourth-order valence-corrected chi connectivity index (χ4v) is 4.35. The van der Waals surface area contributed by atoms with E-state index in [9.17, 15) is 27.6 Å². The number of benzene rings is 1. The number of rotatable bonds is 10. The number of thiophene rings is 1. The normalized spacial score (nSPS) is 13.8. The van der Waals surface area contributed by atoms with Gasteiger partial charge >= 0.3 is 12.0 Å². The monoisotopic (exact) mass is 479 g/mol. The molecule has 12 heteroatoms. The molecule has 1 aromatic heterocycles. The molecular formula is C20H21N3O7S2. The Morgan fingerprint density at radius 3 is 2.62 bits per heavy atom. The van der Waals surface area contributed by atoms with Crippen molar-refractivity contribution in [1.29, 1.82) is 0 Å². The molecule has 0 saturated carbocycles. The van der Waals surface area contributed by atoms with Crippen LogP contribution in [0.15, 0.2) is 36.4 Å². The zero-order chi connectivity index (χ0) is 23.3. The van der Waals surface area contributed by atoms with Gasteiger partial charge < -0.3 is 10.1 Å². The highest BCUT2D eigenvalue weighted by atomic mass is 32.2. The Labute approximate surface area is 188 Å². The molecule has 10 nitrogen and oxygen atoms in total. The van der Waals surface area contributed by atoms with Crippen LogP contribution < -0.4 is 10.0 Å². The number of nitrogens with one attached hydrogen (secondary N) is 2. The topological polar surface area (TPSA) is 139 Å². The van der Waals surface area contributed by atoms with Crippen LogP contribution >= 0.6 is 11.3 Å². The standard InChI is InChI=1S/C20H21N3O7S2/c1-32(28,29)22-9-8-14-6-7-17(31-14)16(24)12-30-19(26)15-5-3-2-4-13(15)11-23-18(25)10-21-20(23)27/h2-7,22H,8-12H2,1H3,(H,21,27). The summed E-state index contributed by atoms with van der Waals surface area (Å²) >= 11 is 1.20. The molecule has 3 rings (SSSR count). The average molecular weight is 480 g/mol. The number of esters is 1. The minimum atomic E-state index is -3.28. The smallest absolute Gasteiger partial charge is 0.338 e. The van der Waals surface area contributed by atoms with Crippen LogP contribution in [0.3, 0.4) is 0 Å². The van der Waals surface area contributed by atoms with Gasteiger partial charge in [-0.1, -0.05) is 18.2 Å². The predicted molar refractivity (Wildman–Crippen MR) is 116 cm³/mol. The number of imide groups is 1. The van der Waals surface area contributed by atoms with Gasteiger partial charge in [-0.05, 0) is 30.2 Å². The van der Waals surface area contributed by atoms with Gasteiger partial charge in [-0.25, -0.2) is 22.7 Å². The first kappa shape index (κ1) is 23.6.